The van der Waals surface area contributed by atoms with Crippen molar-refractivity contribution in [2.45, 2.75) is 19.8 Å². The van der Waals surface area contributed by atoms with E-state index < -0.39 is 0 Å². The molecule has 0 aliphatic carbocycles. The SMILES string of the molecule is COCC1CCN(C(C)=N)CC1. The Hall–Kier alpha value is -0.570. The molecule has 1 aliphatic rings. The minimum absolute atomic E-state index is 0.700. The van der Waals surface area contributed by atoms with E-state index in [0.717, 1.165) is 19.7 Å². The van der Waals surface area contributed by atoms with Gasteiger partial charge in [-0.05, 0) is 25.7 Å². The van der Waals surface area contributed by atoms with Gasteiger partial charge in [0.1, 0.15) is 0 Å². The van der Waals surface area contributed by atoms with Gasteiger partial charge in [0.15, 0.2) is 0 Å². The van der Waals surface area contributed by atoms with Gasteiger partial charge in [-0.1, -0.05) is 0 Å². The quantitative estimate of drug-likeness (QED) is 0.501. The predicted octanol–water partition coefficient (Wildman–Crippen LogP) is 1.34. The van der Waals surface area contributed by atoms with E-state index in [2.05, 4.69) is 4.90 Å². The molecule has 0 saturated carbocycles. The fourth-order valence-electron chi connectivity index (χ4n) is 1.67. The Morgan fingerprint density at radius 3 is 2.50 bits per heavy atom. The number of amidine groups is 1. The van der Waals surface area contributed by atoms with Crippen molar-refractivity contribution < 1.29 is 4.74 Å². The van der Waals surface area contributed by atoms with Crippen molar-refractivity contribution in [1.82, 2.24) is 4.90 Å². The summed E-state index contributed by atoms with van der Waals surface area (Å²) in [5, 5.41) is 7.45. The number of nitrogens with one attached hydrogen (secondary N) is 1. The molecular weight excluding hydrogens is 152 g/mol. The number of rotatable bonds is 2. The first-order valence-electron chi connectivity index (χ1n) is 4.53. The molecule has 1 N–H and O–H groups in total. The highest BCUT2D eigenvalue weighted by molar-refractivity contribution is 5.76. The summed E-state index contributed by atoms with van der Waals surface area (Å²) in [5.74, 6) is 1.41. The molecule has 1 fully saturated rings. The maximum absolute atomic E-state index is 7.45. The third kappa shape index (κ3) is 2.48. The van der Waals surface area contributed by atoms with Crippen molar-refractivity contribution in [1.29, 1.82) is 5.41 Å². The Balaban J connectivity index is 2.25. The molecule has 0 spiro atoms. The normalized spacial score (nSPS) is 19.7. The summed E-state index contributed by atoms with van der Waals surface area (Å²) < 4.78 is 5.10. The zero-order valence-corrected chi connectivity index (χ0v) is 7.97. The number of ether oxygens (including phenoxy) is 1. The predicted molar refractivity (Wildman–Crippen MR) is 49.6 cm³/mol. The summed E-state index contributed by atoms with van der Waals surface area (Å²) >= 11 is 0. The van der Waals surface area contributed by atoms with Gasteiger partial charge < -0.3 is 9.64 Å². The third-order valence-electron chi connectivity index (χ3n) is 2.49. The Labute approximate surface area is 74.2 Å². The number of hydrogen-bond donors (Lipinski definition) is 1. The maximum Gasteiger partial charge on any atom is 0.0925 e. The zero-order valence-electron chi connectivity index (χ0n) is 7.97. The van der Waals surface area contributed by atoms with E-state index in [-0.39, 0.29) is 0 Å². The van der Waals surface area contributed by atoms with E-state index in [9.17, 15) is 0 Å². The molecule has 1 heterocycles. The summed E-state index contributed by atoms with van der Waals surface area (Å²) in [7, 11) is 1.76. The highest BCUT2D eigenvalue weighted by atomic mass is 16.5. The number of piperidine rings is 1. The Kier molecular flexibility index (Phi) is 3.53. The van der Waals surface area contributed by atoms with Crippen molar-refractivity contribution in [2.24, 2.45) is 5.92 Å². The lowest BCUT2D eigenvalue weighted by atomic mass is 9.98. The molecule has 0 atom stereocenters. The topological polar surface area (TPSA) is 36.3 Å². The lowest BCUT2D eigenvalue weighted by Gasteiger charge is -2.32. The summed E-state index contributed by atoms with van der Waals surface area (Å²) in [4.78, 5) is 2.13. The van der Waals surface area contributed by atoms with Crippen LogP contribution in [-0.2, 0) is 4.74 Å². The van der Waals surface area contributed by atoms with Gasteiger partial charge in [0.25, 0.3) is 0 Å². The second-order valence-electron chi connectivity index (χ2n) is 3.47. The number of likely N-dealkylation sites (tertiary alicyclic amines) is 1. The fourth-order valence-corrected chi connectivity index (χ4v) is 1.67. The van der Waals surface area contributed by atoms with Gasteiger partial charge in [-0.2, -0.15) is 0 Å². The molecule has 1 aliphatic heterocycles. The molecule has 3 nitrogen and oxygen atoms in total. The van der Waals surface area contributed by atoms with Crippen LogP contribution in [0.25, 0.3) is 0 Å². The molecule has 3 heteroatoms. The summed E-state index contributed by atoms with van der Waals surface area (Å²) in [6.07, 6.45) is 2.34. The molecule has 0 bridgehead atoms. The summed E-state index contributed by atoms with van der Waals surface area (Å²) in [6.45, 7) is 4.80. The number of methoxy groups -OCH3 is 1. The van der Waals surface area contributed by atoms with Crippen LogP contribution >= 0.6 is 0 Å². The molecule has 0 aromatic heterocycles. The van der Waals surface area contributed by atoms with E-state index in [4.69, 9.17) is 10.1 Å². The molecule has 1 rings (SSSR count). The molecule has 0 amide bonds. The highest BCUT2D eigenvalue weighted by Gasteiger charge is 2.18. The zero-order chi connectivity index (χ0) is 8.97. The first-order chi connectivity index (χ1) is 5.74. The highest BCUT2D eigenvalue weighted by Crippen LogP contribution is 2.16. The van der Waals surface area contributed by atoms with Crippen LogP contribution in [0.5, 0.6) is 0 Å². The van der Waals surface area contributed by atoms with Crippen molar-refractivity contribution in [3.8, 4) is 0 Å². The second-order valence-corrected chi connectivity index (χ2v) is 3.47. The van der Waals surface area contributed by atoms with Crippen molar-refractivity contribution in [2.75, 3.05) is 26.8 Å². The van der Waals surface area contributed by atoms with Gasteiger partial charge in [0.2, 0.25) is 0 Å². The van der Waals surface area contributed by atoms with Gasteiger partial charge in [0.05, 0.1) is 5.84 Å². The minimum atomic E-state index is 0.700. The first kappa shape index (κ1) is 9.52. The molecule has 70 valence electrons. The molecule has 0 aromatic carbocycles. The summed E-state index contributed by atoms with van der Waals surface area (Å²) in [6, 6.07) is 0. The van der Waals surface area contributed by atoms with Crippen LogP contribution in [-0.4, -0.2) is 37.5 Å². The Morgan fingerprint density at radius 1 is 1.50 bits per heavy atom. The average Bonchev–Trinajstić information content (AvgIpc) is 2.06. The smallest absolute Gasteiger partial charge is 0.0925 e. The van der Waals surface area contributed by atoms with E-state index in [1.165, 1.54) is 12.8 Å². The van der Waals surface area contributed by atoms with Crippen LogP contribution in [0.2, 0.25) is 0 Å². The van der Waals surface area contributed by atoms with Crippen LogP contribution < -0.4 is 0 Å². The maximum atomic E-state index is 7.45. The monoisotopic (exact) mass is 170 g/mol. The van der Waals surface area contributed by atoms with Crippen LogP contribution in [0.1, 0.15) is 19.8 Å². The summed E-state index contributed by atoms with van der Waals surface area (Å²) in [5.41, 5.74) is 0. The lowest BCUT2D eigenvalue weighted by molar-refractivity contribution is 0.119. The molecular formula is C9H18N2O. The van der Waals surface area contributed by atoms with E-state index in [1.807, 2.05) is 6.92 Å². The molecule has 0 aromatic rings. The van der Waals surface area contributed by atoms with E-state index in [1.54, 1.807) is 7.11 Å². The largest absolute Gasteiger partial charge is 0.384 e. The lowest BCUT2D eigenvalue weighted by Crippen LogP contribution is -2.37. The second kappa shape index (κ2) is 4.45. The van der Waals surface area contributed by atoms with E-state index >= 15 is 0 Å². The van der Waals surface area contributed by atoms with E-state index in [0.29, 0.717) is 11.8 Å². The first-order valence-corrected chi connectivity index (χ1v) is 4.53. The average molecular weight is 170 g/mol. The fraction of sp³-hybridized carbons (Fsp3) is 0.889. The van der Waals surface area contributed by atoms with Crippen LogP contribution in [0.3, 0.4) is 0 Å². The van der Waals surface area contributed by atoms with Gasteiger partial charge in [-0.3, -0.25) is 5.41 Å². The van der Waals surface area contributed by atoms with Gasteiger partial charge in [-0.15, -0.1) is 0 Å². The molecule has 12 heavy (non-hydrogen) atoms. The van der Waals surface area contributed by atoms with Crippen molar-refractivity contribution in [3.63, 3.8) is 0 Å². The van der Waals surface area contributed by atoms with Crippen LogP contribution in [0.4, 0.5) is 0 Å². The van der Waals surface area contributed by atoms with Crippen molar-refractivity contribution >= 4 is 5.84 Å². The van der Waals surface area contributed by atoms with Gasteiger partial charge in [-0.25, -0.2) is 0 Å². The Morgan fingerprint density at radius 2 is 2.08 bits per heavy atom. The molecule has 0 radical (unpaired) electrons. The standard InChI is InChI=1S/C9H18N2O/c1-8(10)11-5-3-9(4-6-11)7-12-2/h9-10H,3-7H2,1-2H3. The number of hydrogen-bond acceptors (Lipinski definition) is 2. The molecule has 0 unspecified atom stereocenters. The minimum Gasteiger partial charge on any atom is -0.384 e. The van der Waals surface area contributed by atoms with Gasteiger partial charge >= 0.3 is 0 Å². The Bertz CT molecular complexity index is 151. The van der Waals surface area contributed by atoms with Crippen LogP contribution in [0, 0.1) is 11.3 Å². The number of nitrogens with zero attached hydrogens (tertiary/aromatic N) is 1. The third-order valence-corrected chi connectivity index (χ3v) is 2.49. The van der Waals surface area contributed by atoms with Crippen LogP contribution in [0.15, 0.2) is 0 Å². The van der Waals surface area contributed by atoms with Gasteiger partial charge in [0, 0.05) is 26.8 Å². The molecule has 1 saturated heterocycles. The van der Waals surface area contributed by atoms with Crippen molar-refractivity contribution in [3.05, 3.63) is 0 Å².